The van der Waals surface area contributed by atoms with Crippen molar-refractivity contribution < 1.29 is 13.2 Å². The maximum atomic E-state index is 13.0. The molecular weight excluding hydrogens is 345 g/mol. The van der Waals surface area contributed by atoms with E-state index < -0.39 is 12.7 Å². The molecule has 6 heteroatoms. The van der Waals surface area contributed by atoms with E-state index in [1.165, 1.54) is 4.90 Å². The molecule has 0 amide bonds. The summed E-state index contributed by atoms with van der Waals surface area (Å²) < 4.78 is 39.8. The van der Waals surface area contributed by atoms with Crippen LogP contribution in [0.25, 0.3) is 0 Å². The van der Waals surface area contributed by atoms with Crippen molar-refractivity contribution in [2.45, 2.75) is 38.9 Å². The van der Waals surface area contributed by atoms with Crippen LogP contribution in [-0.4, -0.2) is 31.9 Å². The molecule has 0 aliphatic carbocycles. The summed E-state index contributed by atoms with van der Waals surface area (Å²) in [5.41, 5.74) is 2.71. The monoisotopic (exact) mass is 364 g/mol. The lowest BCUT2D eigenvalue weighted by atomic mass is 10.0. The molecule has 0 radical (unpaired) electrons. The molecule has 1 aromatic carbocycles. The second-order valence-corrected chi connectivity index (χ2v) is 6.37. The summed E-state index contributed by atoms with van der Waals surface area (Å²) >= 11 is 3.42. The summed E-state index contributed by atoms with van der Waals surface area (Å²) in [5, 5.41) is 3.15. The predicted octanol–water partition coefficient (Wildman–Crippen LogP) is 4.05. The first-order chi connectivity index (χ1) is 9.81. The van der Waals surface area contributed by atoms with Gasteiger partial charge in [-0.3, -0.25) is 0 Å². The van der Waals surface area contributed by atoms with Crippen LogP contribution in [0.4, 0.5) is 18.9 Å². The molecule has 1 aromatic rings. The van der Waals surface area contributed by atoms with Gasteiger partial charge in [0.25, 0.3) is 0 Å². The van der Waals surface area contributed by atoms with E-state index in [-0.39, 0.29) is 6.04 Å². The molecule has 1 N–H and O–H groups in total. The molecule has 0 saturated carbocycles. The Bertz CT molecular complexity index is 496. The van der Waals surface area contributed by atoms with E-state index in [1.807, 2.05) is 19.9 Å². The summed E-state index contributed by atoms with van der Waals surface area (Å²) in [6, 6.07) is 3.68. The molecule has 0 spiro atoms. The molecule has 21 heavy (non-hydrogen) atoms. The minimum absolute atomic E-state index is 0.107. The number of anilines is 1. The van der Waals surface area contributed by atoms with Gasteiger partial charge >= 0.3 is 6.18 Å². The highest BCUT2D eigenvalue weighted by Crippen LogP contribution is 2.33. The lowest BCUT2D eigenvalue weighted by molar-refractivity contribution is -0.120. The second-order valence-electron chi connectivity index (χ2n) is 5.45. The number of alkyl halides is 3. The maximum Gasteiger partial charge on any atom is 0.405 e. The minimum Gasteiger partial charge on any atom is -0.358 e. The molecule has 1 atom stereocenters. The molecule has 1 heterocycles. The average molecular weight is 365 g/mol. The fraction of sp³-hybridized carbons (Fsp3) is 0.600. The molecular formula is C15H20BrF3N2. The first-order valence-corrected chi connectivity index (χ1v) is 7.94. The van der Waals surface area contributed by atoms with Gasteiger partial charge in [-0.25, -0.2) is 0 Å². The Kier molecular flexibility index (Phi) is 5.20. The molecule has 1 fully saturated rings. The summed E-state index contributed by atoms with van der Waals surface area (Å²) in [7, 11) is 0. The van der Waals surface area contributed by atoms with Crippen molar-refractivity contribution >= 4 is 21.6 Å². The second kappa shape index (κ2) is 6.57. The van der Waals surface area contributed by atoms with Gasteiger partial charge in [0, 0.05) is 22.7 Å². The summed E-state index contributed by atoms with van der Waals surface area (Å²) in [5.74, 6) is 0. The molecule has 1 aliphatic rings. The Balaban J connectivity index is 2.42. The van der Waals surface area contributed by atoms with Crippen LogP contribution >= 0.6 is 15.9 Å². The van der Waals surface area contributed by atoms with Crippen molar-refractivity contribution in [1.82, 2.24) is 5.32 Å². The van der Waals surface area contributed by atoms with Crippen LogP contribution in [0.2, 0.25) is 0 Å². The van der Waals surface area contributed by atoms with Crippen LogP contribution in [0, 0.1) is 6.92 Å². The van der Waals surface area contributed by atoms with E-state index in [0.29, 0.717) is 12.2 Å². The molecule has 1 saturated heterocycles. The number of hydrogen-bond acceptors (Lipinski definition) is 2. The van der Waals surface area contributed by atoms with Gasteiger partial charge in [-0.05, 0) is 49.6 Å². The Labute approximate surface area is 131 Å². The third-order valence-electron chi connectivity index (χ3n) is 3.97. The molecule has 2 nitrogen and oxygen atoms in total. The van der Waals surface area contributed by atoms with Gasteiger partial charge in [-0.15, -0.1) is 0 Å². The van der Waals surface area contributed by atoms with Crippen molar-refractivity contribution in [1.29, 1.82) is 0 Å². The Morgan fingerprint density at radius 1 is 1.38 bits per heavy atom. The number of rotatable bonds is 4. The van der Waals surface area contributed by atoms with Gasteiger partial charge < -0.3 is 10.2 Å². The largest absolute Gasteiger partial charge is 0.405 e. The molecule has 1 aliphatic heterocycles. The minimum atomic E-state index is -4.20. The van der Waals surface area contributed by atoms with Crippen molar-refractivity contribution in [3.8, 4) is 0 Å². The Morgan fingerprint density at radius 2 is 2.10 bits per heavy atom. The van der Waals surface area contributed by atoms with E-state index in [4.69, 9.17) is 0 Å². The van der Waals surface area contributed by atoms with Crippen LogP contribution in [0.3, 0.4) is 0 Å². The summed E-state index contributed by atoms with van der Waals surface area (Å²) in [6.07, 6.45) is -2.66. The van der Waals surface area contributed by atoms with Gasteiger partial charge in [0.05, 0.1) is 0 Å². The third-order valence-corrected chi connectivity index (χ3v) is 4.43. The summed E-state index contributed by atoms with van der Waals surface area (Å²) in [6.45, 7) is 4.39. The molecule has 1 unspecified atom stereocenters. The number of nitrogens with one attached hydrogen (secondary N) is 1. The number of nitrogens with zero attached hydrogens (tertiary/aromatic N) is 1. The first-order valence-electron chi connectivity index (χ1n) is 7.15. The molecule has 0 aromatic heterocycles. The van der Waals surface area contributed by atoms with Crippen molar-refractivity contribution in [3.05, 3.63) is 27.7 Å². The van der Waals surface area contributed by atoms with E-state index in [9.17, 15) is 13.2 Å². The van der Waals surface area contributed by atoms with Crippen molar-refractivity contribution in [3.63, 3.8) is 0 Å². The quantitative estimate of drug-likeness (QED) is 0.866. The molecule has 118 valence electrons. The van der Waals surface area contributed by atoms with Gasteiger partial charge in [0.1, 0.15) is 6.54 Å². The van der Waals surface area contributed by atoms with Gasteiger partial charge in [-0.1, -0.05) is 22.9 Å². The fourth-order valence-corrected chi connectivity index (χ4v) is 3.39. The normalized spacial score (nSPS) is 19.0. The van der Waals surface area contributed by atoms with Crippen LogP contribution in [0.15, 0.2) is 16.6 Å². The molecule has 0 bridgehead atoms. The lowest BCUT2D eigenvalue weighted by Crippen LogP contribution is -2.43. The van der Waals surface area contributed by atoms with E-state index in [1.54, 1.807) is 6.07 Å². The fourth-order valence-electron chi connectivity index (χ4n) is 2.89. The van der Waals surface area contributed by atoms with Crippen molar-refractivity contribution in [2.24, 2.45) is 0 Å². The number of aryl methyl sites for hydroxylation is 1. The molecule has 2 rings (SSSR count). The van der Waals surface area contributed by atoms with E-state index in [0.717, 1.165) is 35.0 Å². The zero-order valence-corrected chi connectivity index (χ0v) is 13.8. The first kappa shape index (κ1) is 16.6. The van der Waals surface area contributed by atoms with Crippen molar-refractivity contribution in [2.75, 3.05) is 24.5 Å². The van der Waals surface area contributed by atoms with Gasteiger partial charge in [-0.2, -0.15) is 13.2 Å². The van der Waals surface area contributed by atoms with Crippen LogP contribution in [0.5, 0.6) is 0 Å². The van der Waals surface area contributed by atoms with Gasteiger partial charge in [0.15, 0.2) is 0 Å². The highest BCUT2D eigenvalue weighted by atomic mass is 79.9. The highest BCUT2D eigenvalue weighted by Gasteiger charge is 2.35. The van der Waals surface area contributed by atoms with E-state index in [2.05, 4.69) is 21.2 Å². The smallest absolute Gasteiger partial charge is 0.358 e. The zero-order valence-electron chi connectivity index (χ0n) is 12.2. The summed E-state index contributed by atoms with van der Waals surface area (Å²) in [4.78, 5) is 1.51. The van der Waals surface area contributed by atoms with Gasteiger partial charge in [0.2, 0.25) is 0 Å². The lowest BCUT2D eigenvalue weighted by Gasteiger charge is -2.33. The number of halogens is 4. The SMILES string of the molecule is CCc1cc(Br)cc(N(CC(F)(F)F)C2CCNC2)c1C. The Hall–Kier alpha value is -0.750. The number of hydrogen-bond donors (Lipinski definition) is 1. The average Bonchev–Trinajstić information content (AvgIpc) is 2.91. The van der Waals surface area contributed by atoms with Crippen LogP contribution in [0.1, 0.15) is 24.5 Å². The topological polar surface area (TPSA) is 15.3 Å². The number of benzene rings is 1. The van der Waals surface area contributed by atoms with Crippen LogP contribution in [-0.2, 0) is 6.42 Å². The standard InChI is InChI=1S/C15H20BrF3N2/c1-3-11-6-12(16)7-14(10(11)2)21(9-15(17,18)19)13-4-5-20-8-13/h6-7,13,20H,3-5,8-9H2,1-2H3. The third kappa shape index (κ3) is 4.13. The predicted molar refractivity (Wildman–Crippen MR) is 82.9 cm³/mol. The maximum absolute atomic E-state index is 13.0. The van der Waals surface area contributed by atoms with Crippen LogP contribution < -0.4 is 10.2 Å². The Morgan fingerprint density at radius 3 is 2.62 bits per heavy atom. The highest BCUT2D eigenvalue weighted by molar-refractivity contribution is 9.10. The van der Waals surface area contributed by atoms with E-state index >= 15 is 0 Å². The zero-order chi connectivity index (χ0) is 15.6.